The lowest BCUT2D eigenvalue weighted by Gasteiger charge is -2.22. The van der Waals surface area contributed by atoms with Crippen LogP contribution in [-0.4, -0.2) is 19.9 Å². The molecule has 0 amide bonds. The van der Waals surface area contributed by atoms with Crippen LogP contribution in [0.3, 0.4) is 0 Å². The molecule has 0 radical (unpaired) electrons. The third kappa shape index (κ3) is 4.36. The molecule has 6 aromatic rings. The molecule has 6 rings (SSSR count). The van der Waals surface area contributed by atoms with E-state index in [1.807, 2.05) is 36.8 Å². The number of aromatic nitrogens is 3. The van der Waals surface area contributed by atoms with E-state index in [0.29, 0.717) is 19.6 Å². The smallest absolute Gasteiger partial charge is 0.0550 e. The zero-order chi connectivity index (χ0) is 22.7. The summed E-state index contributed by atoms with van der Waals surface area (Å²) in [4.78, 5) is 16.6. The summed E-state index contributed by atoms with van der Waals surface area (Å²) in [6.07, 6.45) is 5.89. The highest BCUT2D eigenvalue weighted by atomic mass is 15.1. The summed E-state index contributed by atoms with van der Waals surface area (Å²) >= 11 is 0. The van der Waals surface area contributed by atoms with Crippen LogP contribution in [-0.2, 0) is 19.6 Å². The lowest BCUT2D eigenvalue weighted by Crippen LogP contribution is -2.24. The number of hydrogen-bond acceptors (Lipinski definition) is 4. The predicted octanol–water partition coefficient (Wildman–Crippen LogP) is 6.53. The Hall–Kier alpha value is -4.15. The molecule has 4 heteroatoms. The molecular formula is C30H24N4. The van der Waals surface area contributed by atoms with Crippen LogP contribution in [0.4, 0.5) is 0 Å². The highest BCUT2D eigenvalue weighted by Crippen LogP contribution is 2.20. The highest BCUT2D eigenvalue weighted by molar-refractivity contribution is 5.83. The normalized spacial score (nSPS) is 11.6. The summed E-state index contributed by atoms with van der Waals surface area (Å²) in [6, 6.07) is 31.6. The zero-order valence-corrected chi connectivity index (χ0v) is 18.8. The summed E-state index contributed by atoms with van der Waals surface area (Å²) in [5, 5.41) is 7.10. The van der Waals surface area contributed by atoms with Crippen LogP contribution in [0, 0.1) is 0 Å². The van der Waals surface area contributed by atoms with Crippen LogP contribution in [0.25, 0.3) is 32.3 Å². The molecule has 34 heavy (non-hydrogen) atoms. The van der Waals surface area contributed by atoms with Crippen molar-refractivity contribution in [2.24, 2.45) is 0 Å². The number of hydrogen-bond donors (Lipinski definition) is 0. The van der Waals surface area contributed by atoms with Gasteiger partial charge in [0.1, 0.15) is 0 Å². The second kappa shape index (κ2) is 9.00. The van der Waals surface area contributed by atoms with Gasteiger partial charge in [-0.2, -0.15) is 0 Å². The van der Waals surface area contributed by atoms with E-state index >= 15 is 0 Å². The Morgan fingerprint density at radius 3 is 1.03 bits per heavy atom. The Labute approximate surface area is 198 Å². The fourth-order valence-corrected chi connectivity index (χ4v) is 4.50. The lowest BCUT2D eigenvalue weighted by molar-refractivity contribution is 0.239. The van der Waals surface area contributed by atoms with Gasteiger partial charge in [0.15, 0.2) is 0 Å². The standard InChI is InChI=1S/C30H24N4/c1-4-10-25-16-31-28(13-22(25)7-1)19-34(20-29-14-23-8-2-5-11-26(23)17-32-29)21-30-15-24-9-3-6-12-27(24)18-33-30/h1-18H,19-21H2. The summed E-state index contributed by atoms with van der Waals surface area (Å²) in [7, 11) is 0. The molecular weight excluding hydrogens is 416 g/mol. The summed E-state index contributed by atoms with van der Waals surface area (Å²) in [5.74, 6) is 0. The first-order chi connectivity index (χ1) is 16.8. The molecule has 4 nitrogen and oxygen atoms in total. The third-order valence-corrected chi connectivity index (χ3v) is 6.22. The van der Waals surface area contributed by atoms with Crippen molar-refractivity contribution in [1.29, 1.82) is 0 Å². The van der Waals surface area contributed by atoms with Crippen molar-refractivity contribution >= 4 is 32.3 Å². The molecule has 3 heterocycles. The molecule has 0 spiro atoms. The maximum absolute atomic E-state index is 4.75. The van der Waals surface area contributed by atoms with Gasteiger partial charge in [-0.1, -0.05) is 72.8 Å². The molecule has 3 aromatic carbocycles. The van der Waals surface area contributed by atoms with Crippen molar-refractivity contribution in [3.8, 4) is 0 Å². The van der Waals surface area contributed by atoms with Crippen molar-refractivity contribution in [3.63, 3.8) is 0 Å². The molecule has 0 aliphatic heterocycles. The first-order valence-electron chi connectivity index (χ1n) is 11.5. The van der Waals surface area contributed by atoms with Gasteiger partial charge in [0, 0.05) is 54.4 Å². The van der Waals surface area contributed by atoms with E-state index in [1.54, 1.807) is 0 Å². The monoisotopic (exact) mass is 440 g/mol. The number of rotatable bonds is 6. The van der Waals surface area contributed by atoms with Crippen LogP contribution in [0.1, 0.15) is 17.1 Å². The Morgan fingerprint density at radius 2 is 0.706 bits per heavy atom. The minimum Gasteiger partial charge on any atom is -0.286 e. The van der Waals surface area contributed by atoms with Gasteiger partial charge in [-0.05, 0) is 34.4 Å². The molecule has 3 aromatic heterocycles. The minimum absolute atomic E-state index is 0.716. The second-order valence-corrected chi connectivity index (χ2v) is 8.71. The van der Waals surface area contributed by atoms with Gasteiger partial charge in [-0.15, -0.1) is 0 Å². The number of nitrogens with zero attached hydrogens (tertiary/aromatic N) is 4. The molecule has 0 fully saturated rings. The van der Waals surface area contributed by atoms with Gasteiger partial charge < -0.3 is 0 Å². The molecule has 0 atom stereocenters. The summed E-state index contributed by atoms with van der Waals surface area (Å²) < 4.78 is 0. The third-order valence-electron chi connectivity index (χ3n) is 6.22. The van der Waals surface area contributed by atoms with E-state index in [1.165, 1.54) is 16.2 Å². The Kier molecular flexibility index (Phi) is 5.42. The molecule has 0 saturated carbocycles. The summed E-state index contributed by atoms with van der Waals surface area (Å²) in [6.45, 7) is 2.15. The van der Waals surface area contributed by atoms with Crippen LogP contribution < -0.4 is 0 Å². The van der Waals surface area contributed by atoms with E-state index < -0.39 is 0 Å². The first kappa shape index (κ1) is 20.5. The Morgan fingerprint density at radius 1 is 0.412 bits per heavy atom. The summed E-state index contributed by atoms with van der Waals surface area (Å²) in [5.41, 5.74) is 3.13. The zero-order valence-electron chi connectivity index (χ0n) is 18.8. The van der Waals surface area contributed by atoms with Crippen LogP contribution in [0.2, 0.25) is 0 Å². The van der Waals surface area contributed by atoms with E-state index in [9.17, 15) is 0 Å². The molecule has 0 unspecified atom stereocenters. The molecule has 0 aliphatic carbocycles. The average Bonchev–Trinajstić information content (AvgIpc) is 2.88. The minimum atomic E-state index is 0.716. The predicted molar refractivity (Wildman–Crippen MR) is 138 cm³/mol. The van der Waals surface area contributed by atoms with Gasteiger partial charge in [0.2, 0.25) is 0 Å². The van der Waals surface area contributed by atoms with E-state index in [4.69, 9.17) is 15.0 Å². The van der Waals surface area contributed by atoms with Crippen molar-refractivity contribution < 1.29 is 0 Å². The van der Waals surface area contributed by atoms with Gasteiger partial charge in [-0.3, -0.25) is 19.9 Å². The fourth-order valence-electron chi connectivity index (χ4n) is 4.50. The van der Waals surface area contributed by atoms with Crippen molar-refractivity contribution in [3.05, 3.63) is 127 Å². The highest BCUT2D eigenvalue weighted by Gasteiger charge is 2.12. The van der Waals surface area contributed by atoms with Gasteiger partial charge in [-0.25, -0.2) is 0 Å². The molecule has 0 saturated heterocycles. The number of pyridine rings is 3. The fraction of sp³-hybridized carbons (Fsp3) is 0.100. The number of fused-ring (bicyclic) bond motifs is 3. The van der Waals surface area contributed by atoms with Crippen LogP contribution in [0.5, 0.6) is 0 Å². The van der Waals surface area contributed by atoms with Gasteiger partial charge in [0.25, 0.3) is 0 Å². The maximum Gasteiger partial charge on any atom is 0.0550 e. The first-order valence-corrected chi connectivity index (χ1v) is 11.5. The average molecular weight is 441 g/mol. The van der Waals surface area contributed by atoms with E-state index in [2.05, 4.69) is 77.7 Å². The van der Waals surface area contributed by atoms with E-state index in [0.717, 1.165) is 33.2 Å². The Bertz CT molecular complexity index is 1420. The SMILES string of the molecule is c1ccc2cc(CN(Cc3cc4ccccc4cn3)Cc3cc4ccccc4cn3)ncc2c1. The van der Waals surface area contributed by atoms with Gasteiger partial charge >= 0.3 is 0 Å². The van der Waals surface area contributed by atoms with Gasteiger partial charge in [0.05, 0.1) is 17.1 Å². The topological polar surface area (TPSA) is 41.9 Å². The molecule has 0 bridgehead atoms. The molecule has 0 N–H and O–H groups in total. The maximum atomic E-state index is 4.75. The second-order valence-electron chi connectivity index (χ2n) is 8.71. The molecule has 0 aliphatic rings. The van der Waals surface area contributed by atoms with Crippen LogP contribution in [0.15, 0.2) is 110 Å². The Balaban J connectivity index is 1.33. The quantitative estimate of drug-likeness (QED) is 0.295. The van der Waals surface area contributed by atoms with E-state index in [-0.39, 0.29) is 0 Å². The lowest BCUT2D eigenvalue weighted by atomic mass is 10.1. The van der Waals surface area contributed by atoms with Crippen molar-refractivity contribution in [2.45, 2.75) is 19.6 Å². The van der Waals surface area contributed by atoms with Crippen LogP contribution >= 0.6 is 0 Å². The van der Waals surface area contributed by atoms with Crippen molar-refractivity contribution in [1.82, 2.24) is 19.9 Å². The molecule has 164 valence electrons. The number of benzene rings is 3. The largest absolute Gasteiger partial charge is 0.286 e. The van der Waals surface area contributed by atoms with Crippen molar-refractivity contribution in [2.75, 3.05) is 0 Å².